The van der Waals surface area contributed by atoms with Crippen LogP contribution in [0.15, 0.2) is 31.4 Å². The smallest absolute Gasteiger partial charge is 0.329 e. The van der Waals surface area contributed by atoms with E-state index in [9.17, 15) is 29.4 Å². The number of nitrogens with one attached hydrogen (secondary N) is 4. The Hall–Kier alpha value is -4.50. The quantitative estimate of drug-likeness (QED) is 0.178. The molecule has 2 saturated carbocycles. The Labute approximate surface area is 234 Å². The third kappa shape index (κ3) is 3.87. The lowest BCUT2D eigenvalue weighted by atomic mass is 9.88. The van der Waals surface area contributed by atoms with Gasteiger partial charge in [-0.3, -0.25) is 29.1 Å². The number of benzene rings is 1. The van der Waals surface area contributed by atoms with Crippen molar-refractivity contribution in [3.8, 4) is 5.75 Å². The highest BCUT2D eigenvalue weighted by Crippen LogP contribution is 2.59. The van der Waals surface area contributed by atoms with Crippen molar-refractivity contribution >= 4 is 39.0 Å². The molecule has 15 heteroatoms. The van der Waals surface area contributed by atoms with Gasteiger partial charge in [-0.1, -0.05) is 0 Å². The number of methoxy groups -OCH3 is 1. The molecule has 220 valence electrons. The topological polar surface area (TPSA) is 198 Å². The van der Waals surface area contributed by atoms with E-state index in [-0.39, 0.29) is 68.7 Å². The van der Waals surface area contributed by atoms with Crippen molar-refractivity contribution in [2.75, 3.05) is 37.0 Å². The fraction of sp³-hybridized carbons (Fsp3) is 0.444. The molecule has 1 aromatic carbocycles. The van der Waals surface area contributed by atoms with Crippen LogP contribution in [0.25, 0.3) is 21.9 Å². The van der Waals surface area contributed by atoms with Crippen LogP contribution in [0.2, 0.25) is 0 Å². The maximum atomic E-state index is 17.0. The first-order chi connectivity index (χ1) is 20.2. The second-order valence-electron chi connectivity index (χ2n) is 11.4. The van der Waals surface area contributed by atoms with E-state index in [0.717, 1.165) is 12.8 Å². The molecule has 0 amide bonds. The van der Waals surface area contributed by atoms with Crippen LogP contribution in [0.1, 0.15) is 31.7 Å². The molecular formula is C27H28FN7O7. The minimum absolute atomic E-state index is 0.000137. The molecule has 3 fully saturated rings. The number of nitrogens with zero attached hydrogens (tertiary/aromatic N) is 3. The van der Waals surface area contributed by atoms with Gasteiger partial charge in [0.15, 0.2) is 11.6 Å². The Morgan fingerprint density at radius 2 is 1.90 bits per heavy atom. The number of rotatable bonds is 7. The predicted octanol–water partition coefficient (Wildman–Crippen LogP) is 0.410. The van der Waals surface area contributed by atoms with Gasteiger partial charge in [0.05, 0.1) is 36.6 Å². The summed E-state index contributed by atoms with van der Waals surface area (Å²) >= 11 is 0. The van der Waals surface area contributed by atoms with Gasteiger partial charge < -0.3 is 25.2 Å². The van der Waals surface area contributed by atoms with E-state index in [1.54, 1.807) is 4.90 Å². The molecule has 1 saturated heterocycles. The van der Waals surface area contributed by atoms with Crippen molar-refractivity contribution in [3.63, 3.8) is 0 Å². The van der Waals surface area contributed by atoms with Crippen LogP contribution in [0.5, 0.6) is 5.75 Å². The summed E-state index contributed by atoms with van der Waals surface area (Å²) in [5.41, 5.74) is -3.57. The Balaban J connectivity index is 1.52. The molecule has 2 atom stereocenters. The fourth-order valence-electron chi connectivity index (χ4n) is 6.56. The first-order valence-corrected chi connectivity index (χ1v) is 13.7. The lowest BCUT2D eigenvalue weighted by Crippen LogP contribution is -2.32. The van der Waals surface area contributed by atoms with Gasteiger partial charge in [-0.15, -0.1) is 0 Å². The molecule has 1 aliphatic heterocycles. The van der Waals surface area contributed by atoms with E-state index >= 15 is 4.39 Å². The minimum Gasteiger partial charge on any atom is -0.492 e. The molecule has 4 aromatic rings. The molecule has 3 aliphatic rings. The molecule has 3 aromatic heterocycles. The number of halogens is 1. The van der Waals surface area contributed by atoms with E-state index in [2.05, 4.69) is 25.3 Å². The molecule has 6 N–H and O–H groups in total. The Morgan fingerprint density at radius 3 is 2.57 bits per heavy atom. The van der Waals surface area contributed by atoms with Crippen LogP contribution >= 0.6 is 0 Å². The van der Waals surface area contributed by atoms with E-state index in [1.165, 1.54) is 23.9 Å². The molecule has 14 nitrogen and oxygen atoms in total. The van der Waals surface area contributed by atoms with Crippen LogP contribution in [0.4, 0.5) is 21.5 Å². The number of fused-ring (bicyclic) bond motifs is 2. The van der Waals surface area contributed by atoms with Gasteiger partial charge in [-0.25, -0.2) is 19.0 Å². The average Bonchev–Trinajstić information content (AvgIpc) is 3.88. The summed E-state index contributed by atoms with van der Waals surface area (Å²) in [4.78, 5) is 63.7. The molecule has 4 heterocycles. The number of aromatic amines is 3. The summed E-state index contributed by atoms with van der Waals surface area (Å²) in [5.74, 6) is -1.20. The van der Waals surface area contributed by atoms with E-state index in [0.29, 0.717) is 19.4 Å². The molecule has 0 radical (unpaired) electrons. The zero-order valence-corrected chi connectivity index (χ0v) is 22.5. The van der Waals surface area contributed by atoms with Crippen molar-refractivity contribution in [2.45, 2.75) is 37.8 Å². The maximum Gasteiger partial charge on any atom is 0.329 e. The zero-order valence-electron chi connectivity index (χ0n) is 22.5. The Bertz CT molecular complexity index is 2010. The van der Waals surface area contributed by atoms with Gasteiger partial charge in [0.2, 0.25) is 0 Å². The van der Waals surface area contributed by atoms with Crippen molar-refractivity contribution in [1.82, 2.24) is 24.5 Å². The van der Waals surface area contributed by atoms with E-state index in [4.69, 9.17) is 4.74 Å². The second kappa shape index (κ2) is 9.25. The lowest BCUT2D eigenvalue weighted by Gasteiger charge is -2.26. The largest absolute Gasteiger partial charge is 0.492 e. The van der Waals surface area contributed by atoms with Gasteiger partial charge in [-0.2, -0.15) is 0 Å². The number of aromatic nitrogens is 5. The minimum atomic E-state index is -1.01. The number of pyridine rings is 1. The zero-order chi connectivity index (χ0) is 29.5. The van der Waals surface area contributed by atoms with Crippen LogP contribution in [0, 0.1) is 17.2 Å². The standard InChI is InChI=1S/C27H28FN7O7/c1-42-21-19-16(24(39)33-26(41)35(19)11-2-3-11)18(30-13-4-7-29-22-15(13)23(38)32-25(40)31-22)17(28)20(21)34-8-12(14(37)9-36)27(10-34)5-6-27/h4,7,11-12,14,36-37H,2-3,5-6,8-10H2,1H3,(H,33,39,41)(H3,29,30,31,32,38,40). The predicted molar refractivity (Wildman–Crippen MR) is 150 cm³/mol. The summed E-state index contributed by atoms with van der Waals surface area (Å²) in [6.45, 7) is 0.131. The normalized spacial score (nSPS) is 20.0. The molecule has 1 spiro atoms. The molecular weight excluding hydrogens is 553 g/mol. The molecule has 42 heavy (non-hydrogen) atoms. The van der Waals surface area contributed by atoms with Crippen LogP contribution < -0.4 is 37.5 Å². The maximum absolute atomic E-state index is 17.0. The summed E-state index contributed by atoms with van der Waals surface area (Å²) in [5, 5.41) is 22.9. The Kier molecular flexibility index (Phi) is 5.82. The van der Waals surface area contributed by atoms with Gasteiger partial charge in [0.25, 0.3) is 11.1 Å². The molecule has 2 aliphatic carbocycles. The highest BCUT2D eigenvalue weighted by atomic mass is 19.1. The summed E-state index contributed by atoms with van der Waals surface area (Å²) in [6.07, 6.45) is 3.25. The second-order valence-corrected chi connectivity index (χ2v) is 11.4. The highest BCUT2D eigenvalue weighted by molar-refractivity contribution is 6.03. The van der Waals surface area contributed by atoms with Crippen LogP contribution in [-0.2, 0) is 0 Å². The third-order valence-electron chi connectivity index (χ3n) is 8.83. The first kappa shape index (κ1) is 26.4. The van der Waals surface area contributed by atoms with E-state index < -0.39 is 41.0 Å². The summed E-state index contributed by atoms with van der Waals surface area (Å²) < 4.78 is 24.1. The average molecular weight is 582 g/mol. The van der Waals surface area contributed by atoms with Crippen molar-refractivity contribution in [2.24, 2.45) is 11.3 Å². The number of aliphatic hydroxyl groups is 2. The number of hydrogen-bond donors (Lipinski definition) is 6. The highest BCUT2D eigenvalue weighted by Gasteiger charge is 2.57. The number of H-pyrrole nitrogens is 3. The van der Waals surface area contributed by atoms with Crippen molar-refractivity contribution < 1.29 is 19.3 Å². The lowest BCUT2D eigenvalue weighted by molar-refractivity contribution is 0.0335. The molecule has 7 rings (SSSR count). The number of anilines is 3. The van der Waals surface area contributed by atoms with Gasteiger partial charge in [0.1, 0.15) is 22.2 Å². The van der Waals surface area contributed by atoms with Gasteiger partial charge in [-0.05, 0) is 37.2 Å². The first-order valence-electron chi connectivity index (χ1n) is 13.7. The van der Waals surface area contributed by atoms with Gasteiger partial charge >= 0.3 is 11.4 Å². The fourth-order valence-corrected chi connectivity index (χ4v) is 6.56. The summed E-state index contributed by atoms with van der Waals surface area (Å²) in [6, 6.07) is 1.17. The van der Waals surface area contributed by atoms with Crippen LogP contribution in [0.3, 0.4) is 0 Å². The summed E-state index contributed by atoms with van der Waals surface area (Å²) in [7, 11) is 1.34. The monoisotopic (exact) mass is 581 g/mol. The molecule has 2 unspecified atom stereocenters. The van der Waals surface area contributed by atoms with Crippen molar-refractivity contribution in [3.05, 3.63) is 59.8 Å². The van der Waals surface area contributed by atoms with Gasteiger partial charge in [0, 0.05) is 31.2 Å². The number of hydrogen-bond acceptors (Lipinski definition) is 10. The van der Waals surface area contributed by atoms with E-state index in [1.807, 2.05) is 0 Å². The molecule has 0 bridgehead atoms. The SMILES string of the molecule is COc1c(N2CC(C(O)CO)C3(CC3)C2)c(F)c(Nc2ccnc3[nH]c(=O)[nH]c(=O)c23)c2c(=O)[nH]c(=O)n(C3CC3)c12. The Morgan fingerprint density at radius 1 is 1.17 bits per heavy atom. The number of aliphatic hydroxyl groups excluding tert-OH is 2. The number of ether oxygens (including phenoxy) is 1. The van der Waals surface area contributed by atoms with Crippen LogP contribution in [-0.4, -0.2) is 67.6 Å². The third-order valence-corrected chi connectivity index (χ3v) is 8.83. The van der Waals surface area contributed by atoms with Crippen molar-refractivity contribution in [1.29, 1.82) is 0 Å².